The van der Waals surface area contributed by atoms with E-state index >= 15 is 0 Å². The van der Waals surface area contributed by atoms with Crippen LogP contribution in [-0.2, 0) is 6.18 Å². The Kier molecular flexibility index (Phi) is 3.86. The molecule has 0 saturated heterocycles. The number of rotatable bonds is 1. The zero-order valence-electron chi connectivity index (χ0n) is 8.36. The lowest BCUT2D eigenvalue weighted by molar-refractivity contribution is -0.138. The fourth-order valence-corrected chi connectivity index (χ4v) is 1.05. The second kappa shape index (κ2) is 5.14. The summed E-state index contributed by atoms with van der Waals surface area (Å²) in [6, 6.07) is 2.90. The molecule has 0 spiro atoms. The van der Waals surface area contributed by atoms with Crippen molar-refractivity contribution in [3.63, 3.8) is 0 Å². The Labute approximate surface area is 94.3 Å². The first-order chi connectivity index (χ1) is 7.95. The third kappa shape index (κ3) is 3.63. The fourth-order valence-electron chi connectivity index (χ4n) is 1.05. The van der Waals surface area contributed by atoms with Crippen LogP contribution in [0.25, 0.3) is 10.4 Å². The van der Waals surface area contributed by atoms with Gasteiger partial charge in [0.05, 0.1) is 12.1 Å². The van der Waals surface area contributed by atoms with Crippen LogP contribution in [0.15, 0.2) is 23.3 Å². The minimum absolute atomic E-state index is 0.0864. The molecule has 0 amide bonds. The normalized spacial score (nSPS) is 10.1. The minimum Gasteiger partial charge on any atom is -0.507 e. The lowest BCUT2D eigenvalue weighted by atomic mass is 10.1. The van der Waals surface area contributed by atoms with Gasteiger partial charge in [0.15, 0.2) is 0 Å². The average Bonchev–Trinajstić information content (AvgIpc) is 2.25. The van der Waals surface area contributed by atoms with Crippen LogP contribution in [0.1, 0.15) is 11.1 Å². The molecule has 0 saturated carbocycles. The van der Waals surface area contributed by atoms with Gasteiger partial charge in [-0.2, -0.15) is 13.2 Å². The van der Waals surface area contributed by atoms with Crippen LogP contribution in [0.5, 0.6) is 5.75 Å². The molecule has 0 atom stereocenters. The molecule has 4 nitrogen and oxygen atoms in total. The van der Waals surface area contributed by atoms with E-state index < -0.39 is 17.5 Å². The van der Waals surface area contributed by atoms with Gasteiger partial charge < -0.3 is 5.11 Å². The quantitative estimate of drug-likeness (QED) is 0.349. The van der Waals surface area contributed by atoms with Gasteiger partial charge in [-0.3, -0.25) is 0 Å². The number of halogens is 3. The smallest absolute Gasteiger partial charge is 0.419 e. The molecule has 0 aliphatic rings. The van der Waals surface area contributed by atoms with Crippen molar-refractivity contribution in [3.05, 3.63) is 39.8 Å². The first kappa shape index (κ1) is 12.7. The van der Waals surface area contributed by atoms with Crippen molar-refractivity contribution in [2.45, 2.75) is 6.18 Å². The summed E-state index contributed by atoms with van der Waals surface area (Å²) in [5, 5.41) is 12.2. The van der Waals surface area contributed by atoms with E-state index in [-0.39, 0.29) is 12.1 Å². The molecule has 17 heavy (non-hydrogen) atoms. The number of phenolic OH excluding ortho intramolecular Hbond substituents is 1. The van der Waals surface area contributed by atoms with Gasteiger partial charge in [-0.05, 0) is 23.7 Å². The van der Waals surface area contributed by atoms with Crippen LogP contribution in [0, 0.1) is 11.8 Å². The fraction of sp³-hybridized carbons (Fsp3) is 0.200. The van der Waals surface area contributed by atoms with E-state index in [2.05, 4.69) is 21.9 Å². The maximum Gasteiger partial charge on any atom is 0.419 e. The number of nitrogens with zero attached hydrogens (tertiary/aromatic N) is 3. The number of benzene rings is 1. The van der Waals surface area contributed by atoms with Gasteiger partial charge in [0, 0.05) is 10.5 Å². The van der Waals surface area contributed by atoms with E-state index in [9.17, 15) is 13.2 Å². The van der Waals surface area contributed by atoms with Crippen molar-refractivity contribution < 1.29 is 18.3 Å². The third-order valence-corrected chi connectivity index (χ3v) is 1.75. The maximum absolute atomic E-state index is 12.4. The summed E-state index contributed by atoms with van der Waals surface area (Å²) in [6.07, 6.45) is -4.63. The lowest BCUT2D eigenvalue weighted by Gasteiger charge is -2.08. The Bertz CT molecular complexity index is 522. The highest BCUT2D eigenvalue weighted by Gasteiger charge is 2.33. The predicted octanol–water partition coefficient (Wildman–Crippen LogP) is 3.07. The molecular weight excluding hydrogens is 235 g/mol. The molecule has 0 fully saturated rings. The number of azide groups is 1. The summed E-state index contributed by atoms with van der Waals surface area (Å²) in [4.78, 5) is 2.44. The molecule has 1 aromatic carbocycles. The topological polar surface area (TPSA) is 69.0 Å². The molecule has 7 heteroatoms. The Morgan fingerprint density at radius 3 is 2.71 bits per heavy atom. The summed E-state index contributed by atoms with van der Waals surface area (Å²) >= 11 is 0. The van der Waals surface area contributed by atoms with Crippen LogP contribution in [0.4, 0.5) is 13.2 Å². The van der Waals surface area contributed by atoms with Crippen molar-refractivity contribution in [1.29, 1.82) is 0 Å². The Balaban J connectivity index is 3.03. The van der Waals surface area contributed by atoms with Gasteiger partial charge in [-0.15, -0.1) is 0 Å². The summed E-state index contributed by atoms with van der Waals surface area (Å²) in [5.74, 6) is 3.93. The van der Waals surface area contributed by atoms with Gasteiger partial charge in [-0.1, -0.05) is 17.0 Å². The van der Waals surface area contributed by atoms with Crippen molar-refractivity contribution in [2.75, 3.05) is 6.54 Å². The van der Waals surface area contributed by atoms with E-state index in [0.29, 0.717) is 0 Å². The average molecular weight is 241 g/mol. The molecule has 88 valence electrons. The number of phenols is 1. The molecule has 1 rings (SSSR count). The molecule has 0 bridgehead atoms. The van der Waals surface area contributed by atoms with E-state index in [1.165, 1.54) is 6.07 Å². The van der Waals surface area contributed by atoms with E-state index in [4.69, 9.17) is 10.6 Å². The third-order valence-electron chi connectivity index (χ3n) is 1.75. The zero-order chi connectivity index (χ0) is 12.9. The number of aromatic hydroxyl groups is 1. The maximum atomic E-state index is 12.4. The van der Waals surface area contributed by atoms with E-state index in [0.717, 1.165) is 12.1 Å². The first-order valence-corrected chi connectivity index (χ1v) is 4.35. The number of alkyl halides is 3. The van der Waals surface area contributed by atoms with Crippen LogP contribution in [0.3, 0.4) is 0 Å². The Morgan fingerprint density at radius 2 is 2.12 bits per heavy atom. The molecule has 0 aliphatic heterocycles. The second-order valence-corrected chi connectivity index (χ2v) is 2.92. The highest BCUT2D eigenvalue weighted by atomic mass is 19.4. The van der Waals surface area contributed by atoms with Gasteiger partial charge in [0.25, 0.3) is 0 Å². The lowest BCUT2D eigenvalue weighted by Crippen LogP contribution is -2.05. The molecular formula is C10H6F3N3O. The van der Waals surface area contributed by atoms with E-state index in [1.54, 1.807) is 0 Å². The highest BCUT2D eigenvalue weighted by molar-refractivity contribution is 5.44. The predicted molar refractivity (Wildman–Crippen MR) is 54.0 cm³/mol. The molecule has 0 unspecified atom stereocenters. The van der Waals surface area contributed by atoms with Crippen molar-refractivity contribution >= 4 is 0 Å². The molecule has 0 aliphatic carbocycles. The van der Waals surface area contributed by atoms with Gasteiger partial charge in [0.2, 0.25) is 0 Å². The monoisotopic (exact) mass is 241 g/mol. The molecule has 0 radical (unpaired) electrons. The molecule has 0 heterocycles. The molecule has 1 N–H and O–H groups in total. The standard InChI is InChI=1S/C10H6F3N3O/c11-10(12,13)8-6-7(3-4-9(8)17)2-1-5-15-16-14/h3-4,6,17H,5H2. The summed E-state index contributed by atoms with van der Waals surface area (Å²) in [6.45, 7) is -0.126. The summed E-state index contributed by atoms with van der Waals surface area (Å²) < 4.78 is 37.2. The zero-order valence-corrected chi connectivity index (χ0v) is 8.36. The Hall–Kier alpha value is -2.32. The van der Waals surface area contributed by atoms with Gasteiger partial charge in [0.1, 0.15) is 5.75 Å². The molecule has 1 aromatic rings. The minimum atomic E-state index is -4.63. The number of hydrogen-bond acceptors (Lipinski definition) is 2. The summed E-state index contributed by atoms with van der Waals surface area (Å²) in [7, 11) is 0. The van der Waals surface area contributed by atoms with Crippen molar-refractivity contribution in [2.24, 2.45) is 5.11 Å². The van der Waals surface area contributed by atoms with Crippen LogP contribution in [0.2, 0.25) is 0 Å². The van der Waals surface area contributed by atoms with Crippen molar-refractivity contribution in [1.82, 2.24) is 0 Å². The van der Waals surface area contributed by atoms with Crippen molar-refractivity contribution in [3.8, 4) is 17.6 Å². The SMILES string of the molecule is [N-]=[N+]=NCC#Cc1ccc(O)c(C(F)(F)F)c1. The van der Waals surface area contributed by atoms with E-state index in [1.807, 2.05) is 0 Å². The van der Waals surface area contributed by atoms with Crippen LogP contribution < -0.4 is 0 Å². The Morgan fingerprint density at radius 1 is 1.41 bits per heavy atom. The largest absolute Gasteiger partial charge is 0.507 e. The summed E-state index contributed by atoms with van der Waals surface area (Å²) in [5.41, 5.74) is 6.90. The highest BCUT2D eigenvalue weighted by Crippen LogP contribution is 2.35. The van der Waals surface area contributed by atoms with Gasteiger partial charge in [-0.25, -0.2) is 0 Å². The van der Waals surface area contributed by atoms with Crippen LogP contribution in [-0.4, -0.2) is 11.7 Å². The first-order valence-electron chi connectivity index (χ1n) is 4.35. The molecule has 0 aromatic heterocycles. The van der Waals surface area contributed by atoms with Crippen LogP contribution >= 0.6 is 0 Å². The van der Waals surface area contributed by atoms with Gasteiger partial charge >= 0.3 is 6.18 Å². The second-order valence-electron chi connectivity index (χ2n) is 2.92. The number of hydrogen-bond donors (Lipinski definition) is 1.